The van der Waals surface area contributed by atoms with Crippen LogP contribution in [-0.2, 0) is 16.1 Å². The van der Waals surface area contributed by atoms with Crippen molar-refractivity contribution in [3.8, 4) is 0 Å². The number of fused-ring (bicyclic) bond motifs is 2. The number of hydrogen-bond donors (Lipinski definition) is 2. The van der Waals surface area contributed by atoms with Gasteiger partial charge in [-0.25, -0.2) is 14.0 Å². The molecule has 3 aromatic rings. The van der Waals surface area contributed by atoms with Crippen molar-refractivity contribution >= 4 is 46.0 Å². The van der Waals surface area contributed by atoms with Crippen LogP contribution in [-0.4, -0.2) is 40.0 Å². The summed E-state index contributed by atoms with van der Waals surface area (Å²) >= 11 is 1.44. The number of rotatable bonds is 5. The minimum absolute atomic E-state index is 0.0641. The van der Waals surface area contributed by atoms with E-state index < -0.39 is 29.3 Å². The average Bonchev–Trinajstić information content (AvgIpc) is 3.15. The molecule has 2 aliphatic heterocycles. The molecule has 1 fully saturated rings. The molecule has 11 heteroatoms. The third-order valence-corrected chi connectivity index (χ3v) is 6.72. The fraction of sp³-hybridized carbons (Fsp3) is 0.273. The number of carbonyl (C=O) groups is 2. The first-order valence-corrected chi connectivity index (χ1v) is 11.4. The summed E-state index contributed by atoms with van der Waals surface area (Å²) in [5.74, 6) is -0.427. The predicted molar refractivity (Wildman–Crippen MR) is 121 cm³/mol. The molecule has 3 heterocycles. The summed E-state index contributed by atoms with van der Waals surface area (Å²) in [6, 6.07) is 9.47. The Kier molecular flexibility index (Phi) is 5.41. The van der Waals surface area contributed by atoms with E-state index in [1.54, 1.807) is 12.1 Å². The summed E-state index contributed by atoms with van der Waals surface area (Å²) in [6.45, 7) is 0.366. The first-order valence-electron chi connectivity index (χ1n) is 10.4. The number of aromatic amines is 1. The zero-order valence-corrected chi connectivity index (χ0v) is 18.1. The van der Waals surface area contributed by atoms with Crippen LogP contribution >= 0.6 is 11.8 Å². The Bertz CT molecular complexity index is 1400. The van der Waals surface area contributed by atoms with E-state index in [1.165, 1.54) is 34.9 Å². The van der Waals surface area contributed by atoms with E-state index in [9.17, 15) is 23.6 Å². The van der Waals surface area contributed by atoms with E-state index in [1.807, 2.05) is 6.07 Å². The van der Waals surface area contributed by atoms with E-state index in [2.05, 4.69) is 10.3 Å². The monoisotopic (exact) mass is 470 g/mol. The fourth-order valence-electron chi connectivity index (χ4n) is 4.06. The number of nitrogens with one attached hydrogen (secondary N) is 2. The third kappa shape index (κ3) is 3.99. The van der Waals surface area contributed by atoms with Gasteiger partial charge in [0.2, 0.25) is 5.91 Å². The lowest BCUT2D eigenvalue weighted by molar-refractivity contribution is -0.113. The van der Waals surface area contributed by atoms with E-state index in [-0.39, 0.29) is 23.4 Å². The third-order valence-electron chi connectivity index (χ3n) is 5.65. The molecule has 2 aromatic carbocycles. The van der Waals surface area contributed by atoms with Gasteiger partial charge in [0.05, 0.1) is 28.9 Å². The number of ether oxygens (including phenoxy) is 1. The predicted octanol–water partition coefficient (Wildman–Crippen LogP) is 2.68. The van der Waals surface area contributed by atoms with Crippen molar-refractivity contribution in [3.05, 3.63) is 63.1 Å². The molecule has 0 spiro atoms. The molecule has 1 atom stereocenters. The molecular formula is C22H19FN4O5S. The minimum Gasteiger partial charge on any atom is -0.444 e. The zero-order chi connectivity index (χ0) is 23.1. The highest BCUT2D eigenvalue weighted by molar-refractivity contribution is 8.00. The summed E-state index contributed by atoms with van der Waals surface area (Å²) in [6.07, 6.45) is -0.131. The zero-order valence-electron chi connectivity index (χ0n) is 17.3. The Balaban J connectivity index is 1.26. The van der Waals surface area contributed by atoms with Crippen molar-refractivity contribution in [2.45, 2.75) is 30.4 Å². The molecule has 5 rings (SSSR count). The summed E-state index contributed by atoms with van der Waals surface area (Å²) in [5, 5.41) is 2.64. The van der Waals surface area contributed by atoms with Crippen molar-refractivity contribution in [2.24, 2.45) is 0 Å². The molecule has 0 radical (unpaired) electrons. The van der Waals surface area contributed by atoms with Gasteiger partial charge in [-0.15, -0.1) is 11.8 Å². The standard InChI is InChI=1S/C22H19FN4O5S/c23-14-4-1-5-15-19(14)20(29)26(21(30)25-15)8-2-3-13-10-27(22(31)32-13)12-6-7-17-16(9-12)24-18(28)11-33-17/h1,4-7,9,13H,2-3,8,10-11H2,(H,24,28)(H,25,30)/t13-/m1/s1. The van der Waals surface area contributed by atoms with Crippen LogP contribution in [0.5, 0.6) is 0 Å². The van der Waals surface area contributed by atoms with Gasteiger partial charge in [0, 0.05) is 17.1 Å². The molecule has 0 aliphatic carbocycles. The van der Waals surface area contributed by atoms with Gasteiger partial charge < -0.3 is 15.0 Å². The molecule has 9 nitrogen and oxygen atoms in total. The quantitative estimate of drug-likeness (QED) is 0.593. The molecule has 1 aromatic heterocycles. The maximum atomic E-state index is 14.1. The lowest BCUT2D eigenvalue weighted by atomic mass is 10.1. The fourth-order valence-corrected chi connectivity index (χ4v) is 4.85. The summed E-state index contributed by atoms with van der Waals surface area (Å²) in [5.41, 5.74) is 0.123. The number of aromatic nitrogens is 2. The van der Waals surface area contributed by atoms with E-state index in [0.717, 1.165) is 9.46 Å². The number of hydrogen-bond acceptors (Lipinski definition) is 6. The molecule has 170 valence electrons. The molecular weight excluding hydrogens is 451 g/mol. The number of benzene rings is 2. The lowest BCUT2D eigenvalue weighted by Gasteiger charge is -2.20. The van der Waals surface area contributed by atoms with E-state index >= 15 is 0 Å². The smallest absolute Gasteiger partial charge is 0.414 e. The molecule has 1 saturated heterocycles. The average molecular weight is 470 g/mol. The van der Waals surface area contributed by atoms with Crippen LogP contribution in [0.3, 0.4) is 0 Å². The van der Waals surface area contributed by atoms with Gasteiger partial charge in [-0.05, 0) is 43.2 Å². The summed E-state index contributed by atoms with van der Waals surface area (Å²) < 4.78 is 20.5. The van der Waals surface area contributed by atoms with E-state index in [4.69, 9.17) is 4.74 Å². The Morgan fingerprint density at radius 2 is 2.00 bits per heavy atom. The van der Waals surface area contributed by atoms with Crippen LogP contribution in [0.1, 0.15) is 12.8 Å². The molecule has 0 saturated carbocycles. The number of carbonyl (C=O) groups excluding carboxylic acids is 2. The Hall–Kier alpha value is -3.60. The SMILES string of the molecule is O=C1CSc2ccc(N3C[C@@H](CCCn4c(=O)[nH]c5cccc(F)c5c4=O)OC3=O)cc2N1. The molecule has 2 N–H and O–H groups in total. The van der Waals surface area contributed by atoms with Crippen molar-refractivity contribution in [1.82, 2.24) is 9.55 Å². The van der Waals surface area contributed by atoms with Gasteiger partial charge in [-0.3, -0.25) is 19.1 Å². The molecule has 33 heavy (non-hydrogen) atoms. The maximum Gasteiger partial charge on any atom is 0.414 e. The van der Waals surface area contributed by atoms with Crippen molar-refractivity contribution in [2.75, 3.05) is 22.5 Å². The van der Waals surface area contributed by atoms with Gasteiger partial charge in [0.1, 0.15) is 11.9 Å². The molecule has 2 aliphatic rings. The summed E-state index contributed by atoms with van der Waals surface area (Å²) in [4.78, 5) is 53.9. The number of H-pyrrole nitrogens is 1. The second-order valence-electron chi connectivity index (χ2n) is 7.83. The van der Waals surface area contributed by atoms with Gasteiger partial charge in [-0.1, -0.05) is 6.07 Å². The highest BCUT2D eigenvalue weighted by Gasteiger charge is 2.32. The topological polar surface area (TPSA) is 114 Å². The highest BCUT2D eigenvalue weighted by Crippen LogP contribution is 2.35. The normalized spacial score (nSPS) is 17.7. The van der Waals surface area contributed by atoms with Crippen LogP contribution in [0, 0.1) is 5.82 Å². The Morgan fingerprint density at radius 3 is 2.85 bits per heavy atom. The number of anilines is 2. The van der Waals surface area contributed by atoms with Gasteiger partial charge >= 0.3 is 11.8 Å². The molecule has 2 amide bonds. The second kappa shape index (κ2) is 8.39. The largest absolute Gasteiger partial charge is 0.444 e. The van der Waals surface area contributed by atoms with Crippen LogP contribution < -0.4 is 21.5 Å². The Morgan fingerprint density at radius 1 is 1.15 bits per heavy atom. The van der Waals surface area contributed by atoms with Crippen molar-refractivity contribution in [1.29, 1.82) is 0 Å². The number of halogens is 1. The number of cyclic esters (lactones) is 1. The van der Waals surface area contributed by atoms with E-state index in [0.29, 0.717) is 36.5 Å². The maximum absolute atomic E-state index is 14.1. The first-order chi connectivity index (χ1) is 15.9. The molecule has 0 bridgehead atoms. The van der Waals surface area contributed by atoms with Crippen LogP contribution in [0.4, 0.5) is 20.6 Å². The van der Waals surface area contributed by atoms with Crippen LogP contribution in [0.15, 0.2) is 50.9 Å². The van der Waals surface area contributed by atoms with Crippen molar-refractivity contribution < 1.29 is 18.7 Å². The Labute approximate surface area is 190 Å². The summed E-state index contributed by atoms with van der Waals surface area (Å²) in [7, 11) is 0. The van der Waals surface area contributed by atoms with Gasteiger partial charge in [-0.2, -0.15) is 0 Å². The minimum atomic E-state index is -0.692. The van der Waals surface area contributed by atoms with Crippen molar-refractivity contribution in [3.63, 3.8) is 0 Å². The van der Waals surface area contributed by atoms with Crippen LogP contribution in [0.25, 0.3) is 10.9 Å². The van der Waals surface area contributed by atoms with Gasteiger partial charge in [0.15, 0.2) is 0 Å². The number of thioether (sulfide) groups is 1. The highest BCUT2D eigenvalue weighted by atomic mass is 32.2. The number of amides is 2. The molecule has 0 unspecified atom stereocenters. The number of nitrogens with zero attached hydrogens (tertiary/aromatic N) is 2. The first kappa shape index (κ1) is 21.3. The van der Waals surface area contributed by atoms with Gasteiger partial charge in [0.25, 0.3) is 5.56 Å². The van der Waals surface area contributed by atoms with Crippen LogP contribution in [0.2, 0.25) is 0 Å². The lowest BCUT2D eigenvalue weighted by Crippen LogP contribution is -2.35. The second-order valence-corrected chi connectivity index (χ2v) is 8.84.